The van der Waals surface area contributed by atoms with Crippen LogP contribution >= 0.6 is 0 Å². The Morgan fingerprint density at radius 2 is 1.66 bits per heavy atom. The standard InChI is InChI=1S/C34H42N4O3/c1-5-37(27-10-14-35-15-11-27)30-19-25(7-6-22(30)2)26-8-9-29-31(20-26)38(33(40)34(29)12-16-41-17-13-34)21-28-23(3)18-24(4)36-32(28)39/h6-9,18-20,27,35H,5,10-17,21H2,1-4H3,(H,36,39). The summed E-state index contributed by atoms with van der Waals surface area (Å²) in [6, 6.07) is 15.8. The fourth-order valence-electron chi connectivity index (χ4n) is 7.26. The summed E-state index contributed by atoms with van der Waals surface area (Å²) in [4.78, 5) is 34.6. The number of nitrogens with one attached hydrogen (secondary N) is 2. The van der Waals surface area contributed by atoms with Gasteiger partial charge in [-0.25, -0.2) is 0 Å². The van der Waals surface area contributed by atoms with Crippen molar-refractivity contribution < 1.29 is 9.53 Å². The summed E-state index contributed by atoms with van der Waals surface area (Å²) in [7, 11) is 0. The van der Waals surface area contributed by atoms with E-state index >= 15 is 0 Å². The second-order valence-corrected chi connectivity index (χ2v) is 12.0. The SMILES string of the molecule is CCN(c1cc(-c2ccc3c(c2)N(Cc2c(C)cc(C)[nH]c2=O)C(=O)C32CCOCC2)ccc1C)C1CCNCC1. The monoisotopic (exact) mass is 554 g/mol. The molecule has 3 aliphatic rings. The summed E-state index contributed by atoms with van der Waals surface area (Å²) in [6.45, 7) is 12.8. The van der Waals surface area contributed by atoms with E-state index in [1.54, 1.807) is 0 Å². The molecule has 1 amide bonds. The molecule has 7 nitrogen and oxygen atoms in total. The van der Waals surface area contributed by atoms with Gasteiger partial charge in [0.05, 0.1) is 12.0 Å². The van der Waals surface area contributed by atoms with Gasteiger partial charge in [0.2, 0.25) is 5.91 Å². The van der Waals surface area contributed by atoms with Crippen LogP contribution in [-0.4, -0.2) is 49.8 Å². The van der Waals surface area contributed by atoms with E-state index in [2.05, 4.69) is 65.4 Å². The van der Waals surface area contributed by atoms with E-state index in [1.807, 2.05) is 24.8 Å². The van der Waals surface area contributed by atoms with Gasteiger partial charge >= 0.3 is 0 Å². The highest BCUT2D eigenvalue weighted by atomic mass is 16.5. The molecule has 0 saturated carbocycles. The first-order valence-corrected chi connectivity index (χ1v) is 15.1. The first kappa shape index (κ1) is 27.7. The number of nitrogens with zero attached hydrogens (tertiary/aromatic N) is 2. The Morgan fingerprint density at radius 3 is 2.37 bits per heavy atom. The fraction of sp³-hybridized carbons (Fsp3) is 0.471. The molecule has 41 heavy (non-hydrogen) atoms. The molecule has 0 bridgehead atoms. The van der Waals surface area contributed by atoms with Crippen LogP contribution < -0.4 is 20.7 Å². The van der Waals surface area contributed by atoms with Crippen LogP contribution in [0.5, 0.6) is 0 Å². The molecule has 3 aliphatic heterocycles. The maximum absolute atomic E-state index is 14.2. The Kier molecular flexibility index (Phi) is 7.51. The van der Waals surface area contributed by atoms with E-state index < -0.39 is 5.41 Å². The maximum atomic E-state index is 14.2. The largest absolute Gasteiger partial charge is 0.381 e. The van der Waals surface area contributed by atoms with E-state index in [9.17, 15) is 9.59 Å². The number of aromatic amines is 1. The smallest absolute Gasteiger partial charge is 0.253 e. The van der Waals surface area contributed by atoms with Gasteiger partial charge in [-0.2, -0.15) is 0 Å². The van der Waals surface area contributed by atoms with Crippen molar-refractivity contribution in [2.75, 3.05) is 42.6 Å². The van der Waals surface area contributed by atoms with Crippen molar-refractivity contribution in [2.24, 2.45) is 0 Å². The van der Waals surface area contributed by atoms with Crippen molar-refractivity contribution in [1.29, 1.82) is 0 Å². The Balaban J connectivity index is 1.42. The van der Waals surface area contributed by atoms with Gasteiger partial charge in [0, 0.05) is 48.4 Å². The van der Waals surface area contributed by atoms with Crippen LogP contribution in [0.25, 0.3) is 11.1 Å². The Hall–Kier alpha value is -3.42. The Labute approximate surface area is 242 Å². The number of amides is 1. The lowest BCUT2D eigenvalue weighted by Gasteiger charge is -2.37. The molecule has 1 aromatic heterocycles. The molecule has 216 valence electrons. The van der Waals surface area contributed by atoms with Crippen LogP contribution in [0.4, 0.5) is 11.4 Å². The van der Waals surface area contributed by atoms with Crippen molar-refractivity contribution in [1.82, 2.24) is 10.3 Å². The number of piperidine rings is 1. The van der Waals surface area contributed by atoms with Crippen molar-refractivity contribution in [3.8, 4) is 11.1 Å². The van der Waals surface area contributed by atoms with Gasteiger partial charge in [0.25, 0.3) is 5.56 Å². The number of fused-ring (bicyclic) bond motifs is 2. The first-order valence-electron chi connectivity index (χ1n) is 15.1. The Bertz CT molecular complexity index is 1510. The Morgan fingerprint density at radius 1 is 0.951 bits per heavy atom. The van der Waals surface area contributed by atoms with Crippen LogP contribution in [0.15, 0.2) is 47.3 Å². The van der Waals surface area contributed by atoms with Crippen LogP contribution in [0, 0.1) is 20.8 Å². The molecule has 0 unspecified atom stereocenters. The molecule has 2 fully saturated rings. The number of H-pyrrole nitrogens is 1. The second kappa shape index (κ2) is 11.1. The minimum absolute atomic E-state index is 0.0833. The van der Waals surface area contributed by atoms with Crippen molar-refractivity contribution >= 4 is 17.3 Å². The average molecular weight is 555 g/mol. The summed E-state index contributed by atoms with van der Waals surface area (Å²) >= 11 is 0. The minimum atomic E-state index is -0.593. The van der Waals surface area contributed by atoms with Gasteiger partial charge in [-0.1, -0.05) is 24.3 Å². The van der Waals surface area contributed by atoms with E-state index in [-0.39, 0.29) is 18.0 Å². The highest BCUT2D eigenvalue weighted by molar-refractivity contribution is 6.08. The van der Waals surface area contributed by atoms with Crippen LogP contribution in [0.1, 0.15) is 60.6 Å². The highest BCUT2D eigenvalue weighted by Crippen LogP contribution is 2.49. The molecule has 1 spiro atoms. The number of aromatic nitrogens is 1. The lowest BCUT2D eigenvalue weighted by molar-refractivity contribution is -0.126. The average Bonchev–Trinajstić information content (AvgIpc) is 3.19. The molecule has 2 aromatic carbocycles. The van der Waals surface area contributed by atoms with Gasteiger partial charge in [-0.3, -0.25) is 9.59 Å². The molecule has 2 saturated heterocycles. The summed E-state index contributed by atoms with van der Waals surface area (Å²) in [5.41, 5.74) is 8.44. The lowest BCUT2D eigenvalue weighted by Crippen LogP contribution is -2.44. The van der Waals surface area contributed by atoms with Crippen LogP contribution in [-0.2, 0) is 21.5 Å². The van der Waals surface area contributed by atoms with E-state index in [0.717, 1.165) is 66.1 Å². The first-order chi connectivity index (χ1) is 19.8. The van der Waals surface area contributed by atoms with Gasteiger partial charge in [0.1, 0.15) is 0 Å². The molecule has 7 heteroatoms. The zero-order valence-corrected chi connectivity index (χ0v) is 24.8. The number of carbonyl (C=O) groups excluding carboxylic acids is 1. The zero-order chi connectivity index (χ0) is 28.7. The number of carbonyl (C=O) groups is 1. The third-order valence-corrected chi connectivity index (χ3v) is 9.56. The second-order valence-electron chi connectivity index (χ2n) is 12.0. The van der Waals surface area contributed by atoms with E-state index in [0.29, 0.717) is 37.7 Å². The fourth-order valence-corrected chi connectivity index (χ4v) is 7.26. The van der Waals surface area contributed by atoms with E-state index in [4.69, 9.17) is 4.74 Å². The van der Waals surface area contributed by atoms with Crippen molar-refractivity contribution in [3.63, 3.8) is 0 Å². The number of rotatable bonds is 6. The number of anilines is 2. The quantitative estimate of drug-likeness (QED) is 0.441. The number of benzene rings is 2. The highest BCUT2D eigenvalue weighted by Gasteiger charge is 2.51. The zero-order valence-electron chi connectivity index (χ0n) is 24.8. The summed E-state index contributed by atoms with van der Waals surface area (Å²) in [6.07, 6.45) is 3.62. The predicted molar refractivity (Wildman–Crippen MR) is 165 cm³/mol. The van der Waals surface area contributed by atoms with Crippen molar-refractivity contribution in [2.45, 2.75) is 71.4 Å². The summed E-state index contributed by atoms with van der Waals surface area (Å²) < 4.78 is 5.69. The maximum Gasteiger partial charge on any atom is 0.253 e. The third kappa shape index (κ3) is 4.89. The topological polar surface area (TPSA) is 77.7 Å². The molecular formula is C34H42N4O3. The summed E-state index contributed by atoms with van der Waals surface area (Å²) in [5, 5.41) is 3.49. The molecule has 6 rings (SSSR count). The minimum Gasteiger partial charge on any atom is -0.381 e. The van der Waals surface area contributed by atoms with Gasteiger partial charge in [0.15, 0.2) is 0 Å². The third-order valence-electron chi connectivity index (χ3n) is 9.56. The molecule has 0 atom stereocenters. The van der Waals surface area contributed by atoms with Crippen molar-refractivity contribution in [3.05, 3.63) is 80.8 Å². The van der Waals surface area contributed by atoms with Crippen LogP contribution in [0.2, 0.25) is 0 Å². The molecule has 0 aliphatic carbocycles. The normalized spacial score (nSPS) is 18.6. The van der Waals surface area contributed by atoms with E-state index in [1.165, 1.54) is 11.3 Å². The van der Waals surface area contributed by atoms with Gasteiger partial charge in [-0.05, 0) is 112 Å². The summed E-state index contributed by atoms with van der Waals surface area (Å²) in [5.74, 6) is 0.0833. The number of pyridine rings is 1. The van der Waals surface area contributed by atoms with Gasteiger partial charge in [-0.15, -0.1) is 0 Å². The number of hydrogen-bond donors (Lipinski definition) is 2. The molecule has 3 aromatic rings. The predicted octanol–water partition coefficient (Wildman–Crippen LogP) is 5.14. The van der Waals surface area contributed by atoms with Crippen LogP contribution in [0.3, 0.4) is 0 Å². The molecule has 2 N–H and O–H groups in total. The van der Waals surface area contributed by atoms with Gasteiger partial charge < -0.3 is 24.8 Å². The molecule has 0 radical (unpaired) electrons. The molecule has 4 heterocycles. The number of hydrogen-bond acceptors (Lipinski definition) is 5. The number of aryl methyl sites for hydroxylation is 3. The lowest BCUT2D eigenvalue weighted by atomic mass is 9.75. The number of ether oxygens (including phenoxy) is 1. The molecular weight excluding hydrogens is 512 g/mol.